The molecule has 1 heterocycles. The third kappa shape index (κ3) is 6.21. The Labute approximate surface area is 199 Å². The first kappa shape index (κ1) is 22.6. The molecule has 166 valence electrons. The van der Waals surface area contributed by atoms with Gasteiger partial charge in [0.1, 0.15) is 5.82 Å². The average molecular weight is 456 g/mol. The molecule has 0 fully saturated rings. The van der Waals surface area contributed by atoms with Crippen LogP contribution in [0.4, 0.5) is 11.5 Å². The van der Waals surface area contributed by atoms with Gasteiger partial charge >= 0.3 is 0 Å². The van der Waals surface area contributed by atoms with Crippen LogP contribution in [-0.2, 0) is 12.8 Å². The molecule has 3 aromatic carbocycles. The van der Waals surface area contributed by atoms with E-state index in [1.54, 1.807) is 0 Å². The molecule has 0 bridgehead atoms. The maximum atomic E-state index is 12.5. The Morgan fingerprint density at radius 1 is 0.848 bits per heavy atom. The Morgan fingerprint density at radius 3 is 2.24 bits per heavy atom. The van der Waals surface area contributed by atoms with Crippen LogP contribution in [0.25, 0.3) is 11.3 Å². The molecule has 2 N–H and O–H groups in total. The molecule has 1 aromatic heterocycles. The number of rotatable bonds is 8. The summed E-state index contributed by atoms with van der Waals surface area (Å²) in [5.74, 6) is 0.656. The lowest BCUT2D eigenvalue weighted by Gasteiger charge is -2.09. The van der Waals surface area contributed by atoms with Crippen molar-refractivity contribution < 1.29 is 4.79 Å². The fourth-order valence-corrected chi connectivity index (χ4v) is 3.63. The van der Waals surface area contributed by atoms with E-state index in [4.69, 9.17) is 11.6 Å². The highest BCUT2D eigenvalue weighted by Crippen LogP contribution is 2.23. The van der Waals surface area contributed by atoms with E-state index in [0.29, 0.717) is 17.1 Å². The van der Waals surface area contributed by atoms with E-state index in [2.05, 4.69) is 46.8 Å². The molecule has 0 aliphatic carbocycles. The molecule has 0 saturated carbocycles. The zero-order chi connectivity index (χ0) is 23.0. The van der Waals surface area contributed by atoms with Gasteiger partial charge in [0.25, 0.3) is 5.91 Å². The highest BCUT2D eigenvalue weighted by molar-refractivity contribution is 6.30. The summed E-state index contributed by atoms with van der Waals surface area (Å²) in [5, 5.41) is 6.99. The summed E-state index contributed by atoms with van der Waals surface area (Å²) < 4.78 is 0. The third-order valence-electron chi connectivity index (χ3n) is 5.44. The maximum absolute atomic E-state index is 12.5. The number of hydrogen-bond acceptors (Lipinski definition) is 3. The molecule has 0 spiro atoms. The number of carbonyl (C=O) groups is 1. The summed E-state index contributed by atoms with van der Waals surface area (Å²) in [7, 11) is 0. The molecule has 4 aromatic rings. The van der Waals surface area contributed by atoms with Crippen LogP contribution in [0.1, 0.15) is 28.4 Å². The van der Waals surface area contributed by atoms with Crippen LogP contribution in [0.5, 0.6) is 0 Å². The van der Waals surface area contributed by atoms with Gasteiger partial charge in [-0.3, -0.25) is 4.79 Å². The summed E-state index contributed by atoms with van der Waals surface area (Å²) in [6.45, 7) is 2.75. The number of amides is 1. The first-order valence-corrected chi connectivity index (χ1v) is 11.4. The van der Waals surface area contributed by atoms with Gasteiger partial charge in [-0.25, -0.2) is 4.98 Å². The standard InChI is InChI=1S/C28H26ClN3O/c1-2-20-6-8-21(9-7-20)18-19-30-28(33)23-12-16-25(17-13-23)31-27-5-3-4-26(32-27)22-10-14-24(29)15-11-22/h3-17H,2,18-19H2,1H3,(H,30,33)(H,31,32). The van der Waals surface area contributed by atoms with Crippen molar-refractivity contribution in [2.45, 2.75) is 19.8 Å². The van der Waals surface area contributed by atoms with E-state index in [1.807, 2.05) is 66.7 Å². The van der Waals surface area contributed by atoms with Crippen molar-refractivity contribution >= 4 is 29.0 Å². The van der Waals surface area contributed by atoms with E-state index in [1.165, 1.54) is 11.1 Å². The molecule has 0 saturated heterocycles. The van der Waals surface area contributed by atoms with E-state index in [9.17, 15) is 4.79 Å². The lowest BCUT2D eigenvalue weighted by molar-refractivity contribution is 0.0954. The highest BCUT2D eigenvalue weighted by atomic mass is 35.5. The van der Waals surface area contributed by atoms with Gasteiger partial charge in [0.15, 0.2) is 0 Å². The first-order valence-electron chi connectivity index (χ1n) is 11.1. The summed E-state index contributed by atoms with van der Waals surface area (Å²) in [4.78, 5) is 17.1. The van der Waals surface area contributed by atoms with Gasteiger partial charge in [0, 0.05) is 28.4 Å². The third-order valence-corrected chi connectivity index (χ3v) is 5.69. The molecular formula is C28H26ClN3O. The van der Waals surface area contributed by atoms with Crippen LogP contribution in [0.3, 0.4) is 0 Å². The van der Waals surface area contributed by atoms with Crippen LogP contribution in [0.2, 0.25) is 5.02 Å². The average Bonchev–Trinajstić information content (AvgIpc) is 2.85. The monoisotopic (exact) mass is 455 g/mol. The molecule has 4 nitrogen and oxygen atoms in total. The van der Waals surface area contributed by atoms with Crippen molar-refractivity contribution in [2.75, 3.05) is 11.9 Å². The Balaban J connectivity index is 1.32. The maximum Gasteiger partial charge on any atom is 0.251 e. The Hall–Kier alpha value is -3.63. The Morgan fingerprint density at radius 2 is 1.55 bits per heavy atom. The minimum Gasteiger partial charge on any atom is -0.352 e. The van der Waals surface area contributed by atoms with Gasteiger partial charge in [-0.1, -0.05) is 61.0 Å². The number of anilines is 2. The van der Waals surface area contributed by atoms with Gasteiger partial charge in [-0.05, 0) is 72.5 Å². The summed E-state index contributed by atoms with van der Waals surface area (Å²) in [6, 6.07) is 29.4. The lowest BCUT2D eigenvalue weighted by atomic mass is 10.1. The van der Waals surface area contributed by atoms with Gasteiger partial charge in [0.2, 0.25) is 0 Å². The number of carbonyl (C=O) groups excluding carboxylic acids is 1. The molecule has 1 amide bonds. The smallest absolute Gasteiger partial charge is 0.251 e. The van der Waals surface area contributed by atoms with Gasteiger partial charge in [-0.15, -0.1) is 0 Å². The molecular weight excluding hydrogens is 430 g/mol. The predicted octanol–water partition coefficient (Wildman–Crippen LogP) is 6.68. The van der Waals surface area contributed by atoms with Crippen molar-refractivity contribution in [3.8, 4) is 11.3 Å². The fraction of sp³-hybridized carbons (Fsp3) is 0.143. The highest BCUT2D eigenvalue weighted by Gasteiger charge is 2.06. The summed E-state index contributed by atoms with van der Waals surface area (Å²) >= 11 is 5.98. The molecule has 0 radical (unpaired) electrons. The second-order valence-corrected chi connectivity index (χ2v) is 8.23. The minimum atomic E-state index is -0.0745. The van der Waals surface area contributed by atoms with Crippen molar-refractivity contribution in [1.29, 1.82) is 0 Å². The SMILES string of the molecule is CCc1ccc(CCNC(=O)c2ccc(Nc3cccc(-c4ccc(Cl)cc4)n3)cc2)cc1. The fourth-order valence-electron chi connectivity index (χ4n) is 3.50. The minimum absolute atomic E-state index is 0.0745. The predicted molar refractivity (Wildman–Crippen MR) is 136 cm³/mol. The second kappa shape index (κ2) is 10.8. The van der Waals surface area contributed by atoms with E-state index in [0.717, 1.165) is 35.6 Å². The number of pyridine rings is 1. The number of aromatic nitrogens is 1. The quantitative estimate of drug-likeness (QED) is 0.311. The van der Waals surface area contributed by atoms with Gasteiger partial charge in [0.05, 0.1) is 5.69 Å². The topological polar surface area (TPSA) is 54.0 Å². The lowest BCUT2D eigenvalue weighted by Crippen LogP contribution is -2.25. The second-order valence-electron chi connectivity index (χ2n) is 7.79. The van der Waals surface area contributed by atoms with Crippen molar-refractivity contribution in [3.63, 3.8) is 0 Å². The van der Waals surface area contributed by atoms with E-state index < -0.39 is 0 Å². The molecule has 0 aliphatic heterocycles. The number of aryl methyl sites for hydroxylation is 1. The zero-order valence-electron chi connectivity index (χ0n) is 18.5. The van der Waals surface area contributed by atoms with Crippen LogP contribution in [0, 0.1) is 0 Å². The Kier molecular flexibility index (Phi) is 7.38. The molecule has 5 heteroatoms. The van der Waals surface area contributed by atoms with Crippen LogP contribution < -0.4 is 10.6 Å². The van der Waals surface area contributed by atoms with Crippen molar-refractivity contribution in [1.82, 2.24) is 10.3 Å². The molecule has 0 aliphatic rings. The first-order chi connectivity index (χ1) is 16.1. The number of halogens is 1. The number of nitrogens with one attached hydrogen (secondary N) is 2. The van der Waals surface area contributed by atoms with Crippen LogP contribution in [-0.4, -0.2) is 17.4 Å². The van der Waals surface area contributed by atoms with Crippen molar-refractivity contribution in [2.24, 2.45) is 0 Å². The van der Waals surface area contributed by atoms with Crippen LogP contribution >= 0.6 is 11.6 Å². The van der Waals surface area contributed by atoms with E-state index in [-0.39, 0.29) is 5.91 Å². The van der Waals surface area contributed by atoms with Gasteiger partial charge in [-0.2, -0.15) is 0 Å². The number of hydrogen-bond donors (Lipinski definition) is 2. The Bertz CT molecular complexity index is 1200. The zero-order valence-corrected chi connectivity index (χ0v) is 19.3. The molecule has 33 heavy (non-hydrogen) atoms. The number of benzene rings is 3. The molecule has 0 unspecified atom stereocenters. The summed E-state index contributed by atoms with van der Waals surface area (Å²) in [5.41, 5.74) is 5.89. The number of nitrogens with zero attached hydrogens (tertiary/aromatic N) is 1. The summed E-state index contributed by atoms with van der Waals surface area (Å²) in [6.07, 6.45) is 1.84. The van der Waals surface area contributed by atoms with E-state index >= 15 is 0 Å². The largest absolute Gasteiger partial charge is 0.352 e. The van der Waals surface area contributed by atoms with Crippen molar-refractivity contribution in [3.05, 3.63) is 113 Å². The van der Waals surface area contributed by atoms with Crippen LogP contribution in [0.15, 0.2) is 91.0 Å². The normalized spacial score (nSPS) is 10.6. The molecule has 4 rings (SSSR count). The van der Waals surface area contributed by atoms with Gasteiger partial charge < -0.3 is 10.6 Å². The molecule has 0 atom stereocenters.